The van der Waals surface area contributed by atoms with E-state index in [-0.39, 0.29) is 41.7 Å². The van der Waals surface area contributed by atoms with E-state index in [4.69, 9.17) is 14.5 Å². The van der Waals surface area contributed by atoms with Crippen LogP contribution in [0.2, 0.25) is 0 Å². The van der Waals surface area contributed by atoms with E-state index in [2.05, 4.69) is 114 Å². The van der Waals surface area contributed by atoms with Crippen molar-refractivity contribution in [2.45, 2.75) is 105 Å². The molecule has 2 aromatic carbocycles. The number of aromatic nitrogens is 2. The van der Waals surface area contributed by atoms with E-state index in [9.17, 15) is 14.7 Å². The monoisotopic (exact) mass is 934 g/mol. The highest BCUT2D eigenvalue weighted by atomic mass is 32.2. The summed E-state index contributed by atoms with van der Waals surface area (Å²) in [5.74, 6) is 3.91. The quantitative estimate of drug-likeness (QED) is 0.0340. The number of ether oxygens (including phenoxy) is 2. The Morgan fingerprint density at radius 1 is 1.13 bits per heavy atom. The van der Waals surface area contributed by atoms with E-state index in [1.54, 1.807) is 42.4 Å². The van der Waals surface area contributed by atoms with Gasteiger partial charge in [0.25, 0.3) is 12.4 Å². The molecule has 3 N–H and O–H groups in total. The summed E-state index contributed by atoms with van der Waals surface area (Å²) in [6, 6.07) is 15.5. The van der Waals surface area contributed by atoms with Crippen LogP contribution in [0.5, 0.6) is 5.75 Å². The molecule has 2 fully saturated rings. The minimum absolute atomic E-state index is 0.0241. The van der Waals surface area contributed by atoms with Gasteiger partial charge in [0.1, 0.15) is 11.8 Å². The van der Waals surface area contributed by atoms with E-state index in [1.165, 1.54) is 6.42 Å². The average Bonchev–Trinajstić information content (AvgIpc) is 3.90. The standard InChI is InChI=1S/C45H62N6O5.C9H13NS/c1-11-50-40-17-16-33(25-37(40)38(26-45(6,7)27-56-28-52)43(50)36-15-14-18-46-41(36)31(5)55-10)34-21-32(22-35(53)24-34)23-39(44(54)51-20-13-12-19-47-51)48-30(4)42(29(2)3)49(8)9;1-3-7-11-10-6-5-9(4-2)8-10/h14-18,21-22,24-25,28-29,31,39,42,47-48,53H,4,11-13,19-20,23,26-27H2,1-3,5-10H3;4,9H,2,5-6,8H2,1H3. The van der Waals surface area contributed by atoms with Crippen molar-refractivity contribution in [2.75, 3.05) is 54.0 Å². The normalized spacial score (nSPS) is 16.7. The summed E-state index contributed by atoms with van der Waals surface area (Å²) in [5, 5.41) is 20.5. The third kappa shape index (κ3) is 13.8. The lowest BCUT2D eigenvalue weighted by atomic mass is 9.84. The summed E-state index contributed by atoms with van der Waals surface area (Å²) < 4.78 is 15.7. The van der Waals surface area contributed by atoms with Gasteiger partial charge in [0.05, 0.1) is 30.1 Å². The number of phenols is 1. The van der Waals surface area contributed by atoms with Gasteiger partial charge < -0.3 is 29.4 Å². The van der Waals surface area contributed by atoms with Crippen LogP contribution in [0.25, 0.3) is 33.3 Å². The van der Waals surface area contributed by atoms with Gasteiger partial charge in [0.2, 0.25) is 0 Å². The predicted molar refractivity (Wildman–Crippen MR) is 275 cm³/mol. The molecule has 0 radical (unpaired) electrons. The molecule has 4 aromatic rings. The summed E-state index contributed by atoms with van der Waals surface area (Å²) in [6.45, 7) is 27.8. The fourth-order valence-electron chi connectivity index (χ4n) is 9.48. The number of hydrogen-bond acceptors (Lipinski definition) is 11. The second kappa shape index (κ2) is 24.8. The molecule has 2 aliphatic heterocycles. The number of aryl methyl sites for hydroxylation is 1. The second-order valence-electron chi connectivity index (χ2n) is 19.1. The van der Waals surface area contributed by atoms with Crippen LogP contribution in [0, 0.1) is 28.4 Å². The first kappa shape index (κ1) is 52.9. The van der Waals surface area contributed by atoms with Crippen molar-refractivity contribution < 1.29 is 24.2 Å². The van der Waals surface area contributed by atoms with Crippen molar-refractivity contribution in [3.8, 4) is 39.3 Å². The maximum absolute atomic E-state index is 14.1. The van der Waals surface area contributed by atoms with Gasteiger partial charge in [-0.3, -0.25) is 19.6 Å². The molecular weight excluding hydrogens is 859 g/mol. The lowest BCUT2D eigenvalue weighted by molar-refractivity contribution is -0.137. The first-order valence-electron chi connectivity index (χ1n) is 23.7. The second-order valence-corrected chi connectivity index (χ2v) is 20.0. The summed E-state index contributed by atoms with van der Waals surface area (Å²) in [4.78, 5) is 32.3. The van der Waals surface area contributed by atoms with Gasteiger partial charge >= 0.3 is 0 Å². The van der Waals surface area contributed by atoms with E-state index >= 15 is 0 Å². The average molecular weight is 934 g/mol. The molecule has 12 nitrogen and oxygen atoms in total. The number of rotatable bonds is 20. The first-order chi connectivity index (χ1) is 32.1. The Kier molecular flexibility index (Phi) is 19.6. The number of amides is 1. The highest BCUT2D eigenvalue weighted by Crippen LogP contribution is 2.42. The van der Waals surface area contributed by atoms with Crippen LogP contribution in [0.15, 0.2) is 79.7 Å². The van der Waals surface area contributed by atoms with Gasteiger partial charge in [-0.1, -0.05) is 58.4 Å². The van der Waals surface area contributed by atoms with Gasteiger partial charge in [0.15, 0.2) is 0 Å². The van der Waals surface area contributed by atoms with Gasteiger partial charge in [-0.25, -0.2) is 9.73 Å². The molecule has 0 saturated carbocycles. The Morgan fingerprint density at radius 2 is 1.91 bits per heavy atom. The Bertz CT molecular complexity index is 2370. The molecule has 4 heterocycles. The van der Waals surface area contributed by atoms with Gasteiger partial charge in [-0.15, -0.1) is 6.58 Å². The smallest absolute Gasteiger partial charge is 0.293 e. The third-order valence-corrected chi connectivity index (χ3v) is 13.5. The van der Waals surface area contributed by atoms with Crippen molar-refractivity contribution in [3.63, 3.8) is 0 Å². The number of carbonyl (C=O) groups is 2. The lowest BCUT2D eigenvalue weighted by Crippen LogP contribution is -2.56. The highest BCUT2D eigenvalue weighted by molar-refractivity contribution is 8.01. The summed E-state index contributed by atoms with van der Waals surface area (Å²) in [7, 11) is 5.74. The number of carbonyl (C=O) groups excluding carboxylic acids is 2. The third-order valence-electron chi connectivity index (χ3n) is 12.6. The van der Waals surface area contributed by atoms with E-state index in [0.29, 0.717) is 38.3 Å². The van der Waals surface area contributed by atoms with Crippen LogP contribution >= 0.6 is 11.9 Å². The number of likely N-dealkylation sites (N-methyl/N-ethyl adjacent to an activating group) is 1. The fourth-order valence-corrected chi connectivity index (χ4v) is 10.2. The molecule has 0 aliphatic carbocycles. The van der Waals surface area contributed by atoms with Crippen LogP contribution in [0.4, 0.5) is 0 Å². The molecule has 2 aliphatic rings. The molecular formula is C54H75N7O5S. The van der Waals surface area contributed by atoms with Crippen LogP contribution in [-0.2, 0) is 38.4 Å². The number of nitrogens with zero attached hydrogens (tertiary/aromatic N) is 5. The SMILES string of the molecule is C=C(NC(Cc1cc(O)cc(-c2ccc3c(c2)c(CC(C)(C)COC=O)c(-c2cccnc2C(C)OC)n3CC)c1)C(=O)N1CCCCN1)C(C(C)C)N(C)C.C=CC1CCN(SC#CC)C1. The predicted octanol–water partition coefficient (Wildman–Crippen LogP) is 9.40. The molecule has 0 spiro atoms. The minimum atomic E-state index is -0.599. The fraction of sp³-hybridized carbons (Fsp3) is 0.500. The number of fused-ring (bicyclic) bond motifs is 1. The van der Waals surface area contributed by atoms with E-state index in [1.807, 2.05) is 40.1 Å². The zero-order valence-electron chi connectivity index (χ0n) is 41.7. The van der Waals surface area contributed by atoms with Crippen LogP contribution in [0.1, 0.15) is 90.7 Å². The van der Waals surface area contributed by atoms with Crippen molar-refractivity contribution in [1.29, 1.82) is 0 Å². The molecule has 67 heavy (non-hydrogen) atoms. The van der Waals surface area contributed by atoms with Gasteiger partial charge in [-0.05, 0) is 136 Å². The Hall–Kier alpha value is -5.10. The number of nitrogens with one attached hydrogen (secondary N) is 2. The maximum atomic E-state index is 14.1. The Balaban J connectivity index is 0.000000669. The highest BCUT2D eigenvalue weighted by Gasteiger charge is 2.31. The first-order valence-corrected chi connectivity index (χ1v) is 24.5. The van der Waals surface area contributed by atoms with Crippen molar-refractivity contribution in [1.82, 2.24) is 34.5 Å². The van der Waals surface area contributed by atoms with Crippen LogP contribution < -0.4 is 10.7 Å². The lowest BCUT2D eigenvalue weighted by Gasteiger charge is -2.35. The zero-order chi connectivity index (χ0) is 48.8. The van der Waals surface area contributed by atoms with Crippen molar-refractivity contribution in [3.05, 3.63) is 96.5 Å². The largest absolute Gasteiger partial charge is 0.508 e. The maximum Gasteiger partial charge on any atom is 0.293 e. The van der Waals surface area contributed by atoms with Crippen molar-refractivity contribution in [2.24, 2.45) is 17.3 Å². The molecule has 0 bridgehead atoms. The van der Waals surface area contributed by atoms with Gasteiger partial charge in [0, 0.05) is 92.0 Å². The molecule has 4 atom stereocenters. The number of phenolic OH excluding ortho intramolecular Hbond substituents is 1. The summed E-state index contributed by atoms with van der Waals surface area (Å²) >= 11 is 1.63. The number of aromatic hydroxyl groups is 1. The van der Waals surface area contributed by atoms with Crippen molar-refractivity contribution >= 4 is 35.2 Å². The topological polar surface area (TPSA) is 124 Å². The molecule has 2 saturated heterocycles. The molecule has 2 aromatic heterocycles. The van der Waals surface area contributed by atoms with Crippen LogP contribution in [-0.4, -0.2) is 107 Å². The van der Waals surface area contributed by atoms with E-state index < -0.39 is 6.04 Å². The molecule has 6 rings (SSSR count). The number of pyridine rings is 1. The Labute approximate surface area is 404 Å². The number of methoxy groups -OCH3 is 1. The summed E-state index contributed by atoms with van der Waals surface area (Å²) in [5.41, 5.74) is 11.4. The minimum Gasteiger partial charge on any atom is -0.508 e. The zero-order valence-corrected chi connectivity index (χ0v) is 42.5. The number of hydrazine groups is 1. The summed E-state index contributed by atoms with van der Waals surface area (Å²) in [6.07, 6.45) is 7.78. The van der Waals surface area contributed by atoms with Gasteiger partial charge in [-0.2, -0.15) is 0 Å². The molecule has 362 valence electrons. The number of hydrogen-bond donors (Lipinski definition) is 3. The number of benzene rings is 2. The van der Waals surface area contributed by atoms with E-state index in [0.717, 1.165) is 88.3 Å². The Morgan fingerprint density at radius 3 is 2.54 bits per heavy atom. The molecule has 13 heteroatoms. The molecule has 4 unspecified atom stereocenters. The molecule has 1 amide bonds. The van der Waals surface area contributed by atoms with Crippen LogP contribution in [0.3, 0.4) is 0 Å².